The summed E-state index contributed by atoms with van der Waals surface area (Å²) >= 11 is 0. The second-order valence-electron chi connectivity index (χ2n) is 6.12. The van der Waals surface area contributed by atoms with E-state index in [1.54, 1.807) is 6.92 Å². The van der Waals surface area contributed by atoms with Crippen LogP contribution in [-0.2, 0) is 11.3 Å². The molecule has 0 radical (unpaired) electrons. The third-order valence-electron chi connectivity index (χ3n) is 4.22. The predicted octanol–water partition coefficient (Wildman–Crippen LogP) is 4.40. The van der Waals surface area contributed by atoms with Gasteiger partial charge < -0.3 is 15.2 Å². The molecule has 0 aromatic heterocycles. The molecule has 126 valence electrons. The molecule has 0 saturated heterocycles. The first kappa shape index (κ1) is 16.3. The fourth-order valence-electron chi connectivity index (χ4n) is 2.77. The van der Waals surface area contributed by atoms with Crippen molar-refractivity contribution in [2.75, 3.05) is 0 Å². The molecule has 4 nitrogen and oxygen atoms in total. The van der Waals surface area contributed by atoms with Crippen molar-refractivity contribution in [3.8, 4) is 5.75 Å². The molecule has 2 N–H and O–H groups in total. The molecule has 0 bridgehead atoms. The van der Waals surface area contributed by atoms with Crippen LogP contribution in [0.3, 0.4) is 0 Å². The number of carbonyl (C=O) groups excluding carboxylic acids is 1. The number of phenols is 1. The van der Waals surface area contributed by atoms with E-state index in [1.807, 2.05) is 18.2 Å². The predicted molar refractivity (Wildman–Crippen MR) is 88.2 cm³/mol. The van der Waals surface area contributed by atoms with Crippen LogP contribution >= 0.6 is 0 Å². The van der Waals surface area contributed by atoms with E-state index < -0.39 is 18.0 Å². The largest absolute Gasteiger partial charge is 0.508 e. The Labute approximate surface area is 140 Å². The van der Waals surface area contributed by atoms with Gasteiger partial charge in [0, 0.05) is 5.56 Å². The molecule has 0 aliphatic heterocycles. The molecule has 0 heterocycles. The molecule has 1 saturated carbocycles. The van der Waals surface area contributed by atoms with Gasteiger partial charge in [-0.1, -0.05) is 24.3 Å². The summed E-state index contributed by atoms with van der Waals surface area (Å²) in [6.07, 6.45) is 1.76. The second-order valence-corrected chi connectivity index (χ2v) is 6.12. The molecule has 1 amide bonds. The number of aromatic hydroxyl groups is 1. The number of alkyl carbamates (subject to hydrolysis) is 1. The summed E-state index contributed by atoms with van der Waals surface area (Å²) in [5.74, 6) is 0.0440. The third-order valence-corrected chi connectivity index (χ3v) is 4.22. The zero-order chi connectivity index (χ0) is 17.1. The summed E-state index contributed by atoms with van der Waals surface area (Å²) in [5, 5.41) is 12.4. The molecule has 2 aromatic rings. The normalized spacial score (nSPS) is 14.9. The number of amides is 1. The van der Waals surface area contributed by atoms with E-state index in [2.05, 4.69) is 11.4 Å². The highest BCUT2D eigenvalue weighted by Crippen LogP contribution is 2.41. The lowest BCUT2D eigenvalue weighted by Gasteiger charge is -2.16. The Hall–Kier alpha value is -2.56. The highest BCUT2D eigenvalue weighted by atomic mass is 19.1. The zero-order valence-electron chi connectivity index (χ0n) is 13.5. The van der Waals surface area contributed by atoms with Crippen molar-refractivity contribution in [3.63, 3.8) is 0 Å². The van der Waals surface area contributed by atoms with Gasteiger partial charge in [0.2, 0.25) is 0 Å². The summed E-state index contributed by atoms with van der Waals surface area (Å²) in [5.41, 5.74) is 2.56. The highest BCUT2D eigenvalue weighted by Gasteiger charge is 2.26. The van der Waals surface area contributed by atoms with E-state index in [0.717, 1.165) is 5.56 Å². The topological polar surface area (TPSA) is 58.6 Å². The lowest BCUT2D eigenvalue weighted by molar-refractivity contribution is 0.136. The minimum atomic E-state index is -0.600. The highest BCUT2D eigenvalue weighted by molar-refractivity contribution is 5.68. The van der Waals surface area contributed by atoms with Gasteiger partial charge in [-0.15, -0.1) is 0 Å². The molecule has 1 fully saturated rings. The molecule has 24 heavy (non-hydrogen) atoms. The minimum Gasteiger partial charge on any atom is -0.508 e. The molecular formula is C19H20FNO3. The number of benzene rings is 2. The summed E-state index contributed by atoms with van der Waals surface area (Å²) in [7, 11) is 0. The zero-order valence-corrected chi connectivity index (χ0v) is 13.5. The third kappa shape index (κ3) is 3.85. The van der Waals surface area contributed by atoms with E-state index in [9.17, 15) is 14.3 Å². The van der Waals surface area contributed by atoms with Gasteiger partial charge in [-0.3, -0.25) is 0 Å². The molecule has 2 aromatic carbocycles. The Morgan fingerprint density at radius 2 is 2.08 bits per heavy atom. The maximum atomic E-state index is 13.3. The molecule has 1 aliphatic rings. The molecule has 1 atom stereocenters. The van der Waals surface area contributed by atoms with Crippen molar-refractivity contribution in [1.29, 1.82) is 0 Å². The number of hydrogen-bond acceptors (Lipinski definition) is 3. The van der Waals surface area contributed by atoms with Crippen molar-refractivity contribution < 1.29 is 19.0 Å². The number of rotatable bonds is 5. The van der Waals surface area contributed by atoms with Gasteiger partial charge >= 0.3 is 6.09 Å². The Morgan fingerprint density at radius 3 is 2.83 bits per heavy atom. The Bertz CT molecular complexity index is 743. The van der Waals surface area contributed by atoms with Gasteiger partial charge in [0.15, 0.2) is 0 Å². The van der Waals surface area contributed by atoms with Crippen LogP contribution in [0.15, 0.2) is 42.5 Å². The monoisotopic (exact) mass is 329 g/mol. The maximum absolute atomic E-state index is 13.3. The fourth-order valence-corrected chi connectivity index (χ4v) is 2.77. The van der Waals surface area contributed by atoms with Crippen LogP contribution in [-0.4, -0.2) is 11.2 Å². The van der Waals surface area contributed by atoms with Crippen LogP contribution in [0, 0.1) is 5.82 Å². The molecular weight excluding hydrogens is 309 g/mol. The Kier molecular flexibility index (Phi) is 4.69. The smallest absolute Gasteiger partial charge is 0.407 e. The summed E-state index contributed by atoms with van der Waals surface area (Å²) in [6.45, 7) is 1.86. The lowest BCUT2D eigenvalue weighted by Crippen LogP contribution is -2.27. The Balaban J connectivity index is 1.59. The number of phenolic OH excluding ortho intramolecular Hbond substituents is 1. The van der Waals surface area contributed by atoms with Crippen LogP contribution in [0.4, 0.5) is 9.18 Å². The van der Waals surface area contributed by atoms with Crippen LogP contribution in [0.1, 0.15) is 48.4 Å². The van der Waals surface area contributed by atoms with Crippen LogP contribution in [0.25, 0.3) is 0 Å². The molecule has 1 aliphatic carbocycles. The average molecular weight is 329 g/mol. The minimum absolute atomic E-state index is 0.0664. The number of carbonyl (C=O) groups is 1. The van der Waals surface area contributed by atoms with Crippen LogP contribution in [0.2, 0.25) is 0 Å². The average Bonchev–Trinajstić information content (AvgIpc) is 3.40. The van der Waals surface area contributed by atoms with E-state index in [1.165, 1.54) is 36.6 Å². The lowest BCUT2D eigenvalue weighted by atomic mass is 10.0. The number of halogens is 1. The van der Waals surface area contributed by atoms with Crippen LogP contribution < -0.4 is 5.32 Å². The summed E-state index contributed by atoms with van der Waals surface area (Å²) < 4.78 is 18.6. The van der Waals surface area contributed by atoms with E-state index in [0.29, 0.717) is 11.5 Å². The fraction of sp³-hybridized carbons (Fsp3) is 0.316. The summed E-state index contributed by atoms with van der Waals surface area (Å²) in [6, 6.07) is 11.0. The van der Waals surface area contributed by atoms with Gasteiger partial charge in [0.05, 0.1) is 6.04 Å². The van der Waals surface area contributed by atoms with Gasteiger partial charge in [-0.05, 0) is 55.0 Å². The van der Waals surface area contributed by atoms with E-state index in [-0.39, 0.29) is 12.4 Å². The number of nitrogens with one attached hydrogen (secondary N) is 1. The quantitative estimate of drug-likeness (QED) is 0.855. The van der Waals surface area contributed by atoms with Crippen molar-refractivity contribution in [1.82, 2.24) is 5.32 Å². The van der Waals surface area contributed by atoms with Crippen molar-refractivity contribution in [2.24, 2.45) is 0 Å². The first-order chi connectivity index (χ1) is 11.5. The number of ether oxygens (including phenoxy) is 1. The second kappa shape index (κ2) is 6.91. The van der Waals surface area contributed by atoms with E-state index in [4.69, 9.17) is 4.74 Å². The maximum Gasteiger partial charge on any atom is 0.407 e. The van der Waals surface area contributed by atoms with Crippen molar-refractivity contribution in [2.45, 2.75) is 38.3 Å². The summed E-state index contributed by atoms with van der Waals surface area (Å²) in [4.78, 5) is 12.0. The standard InChI is InChI=1S/C19H20FNO3/c1-12(17-10-15(20)8-9-18(17)22)21-19(23)24-11-14-4-2-3-5-16(14)13-6-7-13/h2-5,8-10,12-13,22H,6-7,11H2,1H3,(H,21,23). The van der Waals surface area contributed by atoms with Gasteiger partial charge in [0.25, 0.3) is 0 Å². The van der Waals surface area contributed by atoms with Gasteiger partial charge in [-0.2, -0.15) is 0 Å². The SMILES string of the molecule is CC(NC(=O)OCc1ccccc1C1CC1)c1cc(F)ccc1O. The van der Waals surface area contributed by atoms with Crippen LogP contribution in [0.5, 0.6) is 5.75 Å². The van der Waals surface area contributed by atoms with Crippen molar-refractivity contribution >= 4 is 6.09 Å². The first-order valence-electron chi connectivity index (χ1n) is 8.04. The van der Waals surface area contributed by atoms with Gasteiger partial charge in [-0.25, -0.2) is 9.18 Å². The first-order valence-corrected chi connectivity index (χ1v) is 8.04. The molecule has 3 rings (SSSR count). The van der Waals surface area contributed by atoms with E-state index >= 15 is 0 Å². The van der Waals surface area contributed by atoms with Crippen molar-refractivity contribution in [3.05, 3.63) is 65.0 Å². The Morgan fingerprint density at radius 1 is 1.33 bits per heavy atom. The molecule has 1 unspecified atom stereocenters. The number of hydrogen-bond donors (Lipinski definition) is 2. The molecule has 5 heteroatoms. The van der Waals surface area contributed by atoms with Gasteiger partial charge in [0.1, 0.15) is 18.2 Å². The molecule has 0 spiro atoms.